The quantitative estimate of drug-likeness (QED) is 0.725. The minimum atomic E-state index is -1.08. The van der Waals surface area contributed by atoms with Crippen LogP contribution in [-0.2, 0) is 22.6 Å². The highest BCUT2D eigenvalue weighted by Gasteiger charge is 2.46. The number of hydrogen-bond acceptors (Lipinski definition) is 4. The minimum absolute atomic E-state index is 0.134. The van der Waals surface area contributed by atoms with Gasteiger partial charge in [-0.05, 0) is 29.7 Å². The van der Waals surface area contributed by atoms with Crippen LogP contribution in [-0.4, -0.2) is 50.7 Å². The molecule has 7 heteroatoms. The molecule has 2 aliphatic rings. The molecule has 4 rings (SSSR count). The van der Waals surface area contributed by atoms with Crippen LogP contribution < -0.4 is 0 Å². The first-order valence-corrected chi connectivity index (χ1v) is 10.5. The van der Waals surface area contributed by atoms with Gasteiger partial charge in [0.05, 0.1) is 11.1 Å². The summed E-state index contributed by atoms with van der Waals surface area (Å²) in [5.74, 6) is -2.62. The number of unbranched alkanes of at least 4 members (excludes halogenated alkanes) is 1. The van der Waals surface area contributed by atoms with Crippen LogP contribution in [0.3, 0.4) is 0 Å². The van der Waals surface area contributed by atoms with Gasteiger partial charge in [0.15, 0.2) is 0 Å². The Balaban J connectivity index is 1.77. The van der Waals surface area contributed by atoms with Crippen molar-refractivity contribution >= 4 is 23.7 Å². The molecule has 0 unspecified atom stereocenters. The largest absolute Gasteiger partial charge is 0.480 e. The average Bonchev–Trinajstić information content (AvgIpc) is 2.92. The third-order valence-electron chi connectivity index (χ3n) is 6.07. The molecule has 2 aliphatic heterocycles. The first kappa shape index (κ1) is 20.8. The molecular weight excluding hydrogens is 396 g/mol. The summed E-state index contributed by atoms with van der Waals surface area (Å²) >= 11 is 0. The summed E-state index contributed by atoms with van der Waals surface area (Å²) in [4.78, 5) is 54.2. The molecule has 3 amide bonds. The summed E-state index contributed by atoms with van der Waals surface area (Å²) in [6.07, 6.45) is 1.93. The number of carbonyl (C=O) groups excluding carboxylic acids is 3. The molecule has 160 valence electrons. The normalized spacial score (nSPS) is 19.1. The Bertz CT molecular complexity index is 1030. The second-order valence-corrected chi connectivity index (χ2v) is 7.98. The molecule has 31 heavy (non-hydrogen) atoms. The van der Waals surface area contributed by atoms with E-state index in [4.69, 9.17) is 0 Å². The SMILES string of the molecule is CCCC[C@@H](C(=O)O)N1Cc2ccccc2C[C@H](N2C(=O)c3ccccc3C2=O)C1=O. The lowest BCUT2D eigenvalue weighted by Gasteiger charge is -2.32. The van der Waals surface area contributed by atoms with E-state index in [1.165, 1.54) is 4.90 Å². The number of hydrogen-bond donors (Lipinski definition) is 1. The molecule has 0 aliphatic carbocycles. The lowest BCUT2D eigenvalue weighted by molar-refractivity contribution is -0.152. The van der Waals surface area contributed by atoms with E-state index in [1.54, 1.807) is 24.3 Å². The van der Waals surface area contributed by atoms with Crippen molar-refractivity contribution in [3.05, 3.63) is 70.8 Å². The fourth-order valence-corrected chi connectivity index (χ4v) is 4.43. The third kappa shape index (κ3) is 3.60. The molecule has 0 spiro atoms. The number of carboxylic acid groups (broad SMARTS) is 1. The number of aliphatic carboxylic acids is 1. The predicted molar refractivity (Wildman–Crippen MR) is 112 cm³/mol. The van der Waals surface area contributed by atoms with Gasteiger partial charge in [0.1, 0.15) is 12.1 Å². The molecule has 2 atom stereocenters. The Kier molecular flexibility index (Phi) is 5.59. The van der Waals surface area contributed by atoms with Crippen LogP contribution in [0.2, 0.25) is 0 Å². The van der Waals surface area contributed by atoms with Crippen molar-refractivity contribution in [1.82, 2.24) is 9.80 Å². The van der Waals surface area contributed by atoms with Gasteiger partial charge in [-0.1, -0.05) is 56.2 Å². The topological polar surface area (TPSA) is 95.0 Å². The number of rotatable bonds is 6. The van der Waals surface area contributed by atoms with Crippen LogP contribution in [0.4, 0.5) is 0 Å². The zero-order valence-corrected chi connectivity index (χ0v) is 17.3. The highest BCUT2D eigenvalue weighted by molar-refractivity contribution is 6.23. The number of carbonyl (C=O) groups is 4. The molecule has 0 saturated carbocycles. The molecule has 2 aromatic carbocycles. The second kappa shape index (κ2) is 8.34. The fraction of sp³-hybridized carbons (Fsp3) is 0.333. The number of imide groups is 1. The number of carboxylic acids is 1. The van der Waals surface area contributed by atoms with Crippen LogP contribution in [0.15, 0.2) is 48.5 Å². The Morgan fingerprint density at radius 2 is 1.58 bits per heavy atom. The number of amides is 3. The van der Waals surface area contributed by atoms with Gasteiger partial charge in [-0.25, -0.2) is 4.79 Å². The Morgan fingerprint density at radius 1 is 1.00 bits per heavy atom. The molecule has 0 fully saturated rings. The standard InChI is InChI=1S/C24H24N2O5/c1-2-3-12-19(24(30)31)25-14-16-9-5-4-8-15(16)13-20(23(25)29)26-21(27)17-10-6-7-11-18(17)22(26)28/h4-11,19-20H,2-3,12-14H2,1H3,(H,30,31)/t19-,20-/m0/s1. The summed E-state index contributed by atoms with van der Waals surface area (Å²) in [7, 11) is 0. The smallest absolute Gasteiger partial charge is 0.326 e. The lowest BCUT2D eigenvalue weighted by atomic mass is 10.0. The van der Waals surface area contributed by atoms with Crippen LogP contribution in [0, 0.1) is 0 Å². The maximum absolute atomic E-state index is 13.7. The summed E-state index contributed by atoms with van der Waals surface area (Å²) in [5, 5.41) is 9.87. The summed E-state index contributed by atoms with van der Waals surface area (Å²) in [6.45, 7) is 2.09. The van der Waals surface area contributed by atoms with E-state index in [1.807, 2.05) is 31.2 Å². The second-order valence-electron chi connectivity index (χ2n) is 7.98. The molecule has 0 bridgehead atoms. The van der Waals surface area contributed by atoms with Crippen molar-refractivity contribution in [1.29, 1.82) is 0 Å². The lowest BCUT2D eigenvalue weighted by Crippen LogP contribution is -2.54. The highest BCUT2D eigenvalue weighted by Crippen LogP contribution is 2.31. The van der Waals surface area contributed by atoms with E-state index in [-0.39, 0.29) is 24.1 Å². The predicted octanol–water partition coefficient (Wildman–Crippen LogP) is 2.88. The van der Waals surface area contributed by atoms with Gasteiger partial charge in [-0.15, -0.1) is 0 Å². The van der Waals surface area contributed by atoms with Gasteiger partial charge in [0, 0.05) is 13.0 Å². The van der Waals surface area contributed by atoms with Crippen LogP contribution in [0.1, 0.15) is 58.0 Å². The van der Waals surface area contributed by atoms with Crippen molar-refractivity contribution in [2.24, 2.45) is 0 Å². The number of nitrogens with zero attached hydrogens (tertiary/aromatic N) is 2. The average molecular weight is 420 g/mol. The van der Waals surface area contributed by atoms with Gasteiger partial charge >= 0.3 is 5.97 Å². The maximum Gasteiger partial charge on any atom is 0.326 e. The van der Waals surface area contributed by atoms with E-state index in [2.05, 4.69) is 0 Å². The van der Waals surface area contributed by atoms with Gasteiger partial charge in [0.2, 0.25) is 5.91 Å². The maximum atomic E-state index is 13.7. The van der Waals surface area contributed by atoms with E-state index < -0.39 is 35.8 Å². The fourth-order valence-electron chi connectivity index (χ4n) is 4.43. The van der Waals surface area contributed by atoms with Crippen molar-refractivity contribution in [3.63, 3.8) is 0 Å². The molecular formula is C24H24N2O5. The van der Waals surface area contributed by atoms with Gasteiger partial charge in [-0.3, -0.25) is 19.3 Å². The summed E-state index contributed by atoms with van der Waals surface area (Å²) < 4.78 is 0. The van der Waals surface area contributed by atoms with E-state index in [0.29, 0.717) is 12.8 Å². The van der Waals surface area contributed by atoms with Crippen LogP contribution in [0.5, 0.6) is 0 Å². The van der Waals surface area contributed by atoms with Crippen molar-refractivity contribution in [2.45, 2.75) is 51.2 Å². The Labute approximate surface area is 180 Å². The number of benzene rings is 2. The first-order valence-electron chi connectivity index (χ1n) is 10.5. The molecule has 7 nitrogen and oxygen atoms in total. The third-order valence-corrected chi connectivity index (χ3v) is 6.07. The summed E-state index contributed by atoms with van der Waals surface area (Å²) in [5.41, 5.74) is 2.20. The zero-order chi connectivity index (χ0) is 22.1. The molecule has 0 radical (unpaired) electrons. The van der Waals surface area contributed by atoms with Crippen molar-refractivity contribution < 1.29 is 24.3 Å². The van der Waals surface area contributed by atoms with Crippen LogP contribution >= 0.6 is 0 Å². The van der Waals surface area contributed by atoms with E-state index >= 15 is 0 Å². The molecule has 2 aromatic rings. The van der Waals surface area contributed by atoms with Gasteiger partial charge < -0.3 is 10.0 Å². The number of fused-ring (bicyclic) bond motifs is 2. The van der Waals surface area contributed by atoms with Gasteiger partial charge in [0.25, 0.3) is 11.8 Å². The van der Waals surface area contributed by atoms with E-state index in [9.17, 15) is 24.3 Å². The van der Waals surface area contributed by atoms with Crippen molar-refractivity contribution in [2.75, 3.05) is 0 Å². The van der Waals surface area contributed by atoms with Crippen molar-refractivity contribution in [3.8, 4) is 0 Å². The van der Waals surface area contributed by atoms with Gasteiger partial charge in [-0.2, -0.15) is 0 Å². The molecule has 1 N–H and O–H groups in total. The summed E-state index contributed by atoms with van der Waals surface area (Å²) in [6, 6.07) is 11.8. The molecule has 0 saturated heterocycles. The Morgan fingerprint density at radius 3 is 2.16 bits per heavy atom. The molecule has 2 heterocycles. The van der Waals surface area contributed by atoms with Crippen LogP contribution in [0.25, 0.3) is 0 Å². The first-order chi connectivity index (χ1) is 14.9. The highest BCUT2D eigenvalue weighted by atomic mass is 16.4. The minimum Gasteiger partial charge on any atom is -0.480 e. The Hall–Kier alpha value is -3.48. The zero-order valence-electron chi connectivity index (χ0n) is 17.3. The van der Waals surface area contributed by atoms with E-state index in [0.717, 1.165) is 22.4 Å². The monoisotopic (exact) mass is 420 g/mol. The molecule has 0 aromatic heterocycles.